The van der Waals surface area contributed by atoms with Crippen LogP contribution in [0.2, 0.25) is 0 Å². The van der Waals surface area contributed by atoms with E-state index in [4.69, 9.17) is 4.74 Å². The van der Waals surface area contributed by atoms with Crippen molar-refractivity contribution >= 4 is 17.2 Å². The fourth-order valence-corrected chi connectivity index (χ4v) is 3.25. The predicted molar refractivity (Wildman–Crippen MR) is 79.2 cm³/mol. The van der Waals surface area contributed by atoms with E-state index in [-0.39, 0.29) is 11.9 Å². The number of ether oxygens (including phenoxy) is 1. The summed E-state index contributed by atoms with van der Waals surface area (Å²) in [5.74, 6) is 0.541. The monoisotopic (exact) mass is 304 g/mol. The minimum atomic E-state index is -0.0114. The van der Waals surface area contributed by atoms with Gasteiger partial charge in [0.1, 0.15) is 4.88 Å². The fraction of sp³-hybridized carbons (Fsp3) is 0.429. The van der Waals surface area contributed by atoms with Crippen molar-refractivity contribution in [3.05, 3.63) is 29.0 Å². The van der Waals surface area contributed by atoms with Gasteiger partial charge < -0.3 is 9.64 Å². The molecule has 1 aliphatic heterocycles. The summed E-state index contributed by atoms with van der Waals surface area (Å²) in [6.07, 6.45) is 4.22. The van der Waals surface area contributed by atoms with Crippen LogP contribution < -0.4 is 0 Å². The van der Waals surface area contributed by atoms with Crippen molar-refractivity contribution in [1.82, 2.24) is 19.9 Å². The molecule has 0 spiro atoms. The molecule has 1 fully saturated rings. The van der Waals surface area contributed by atoms with Crippen LogP contribution in [0.15, 0.2) is 18.5 Å². The first kappa shape index (κ1) is 14.1. The van der Waals surface area contributed by atoms with Gasteiger partial charge in [-0.3, -0.25) is 4.79 Å². The second kappa shape index (κ2) is 5.87. The third kappa shape index (κ3) is 2.79. The Hall–Kier alpha value is -1.86. The summed E-state index contributed by atoms with van der Waals surface area (Å²) in [4.78, 5) is 27.8. The van der Waals surface area contributed by atoms with Gasteiger partial charge in [-0.25, -0.2) is 15.0 Å². The SMILES string of the molecule is Cc1nc(-c2ncccn2)sc1C(=O)N(C)C1CCOC1. The number of rotatable bonds is 3. The zero-order chi connectivity index (χ0) is 14.8. The van der Waals surface area contributed by atoms with E-state index in [9.17, 15) is 4.79 Å². The van der Waals surface area contributed by atoms with Crippen LogP contribution in [-0.4, -0.2) is 52.1 Å². The second-order valence-corrected chi connectivity index (χ2v) is 5.94. The molecule has 7 heteroatoms. The smallest absolute Gasteiger partial charge is 0.265 e. The average Bonchev–Trinajstić information content (AvgIpc) is 3.16. The lowest BCUT2D eigenvalue weighted by atomic mass is 10.2. The van der Waals surface area contributed by atoms with Gasteiger partial charge in [0.05, 0.1) is 18.3 Å². The highest BCUT2D eigenvalue weighted by molar-refractivity contribution is 7.17. The Morgan fingerprint density at radius 3 is 2.86 bits per heavy atom. The first-order chi connectivity index (χ1) is 10.2. The first-order valence-corrected chi connectivity index (χ1v) is 7.58. The third-order valence-electron chi connectivity index (χ3n) is 3.52. The van der Waals surface area contributed by atoms with E-state index in [0.717, 1.165) is 12.1 Å². The van der Waals surface area contributed by atoms with Crippen LogP contribution in [0.3, 0.4) is 0 Å². The van der Waals surface area contributed by atoms with E-state index in [0.29, 0.717) is 28.9 Å². The molecule has 21 heavy (non-hydrogen) atoms. The van der Waals surface area contributed by atoms with Crippen molar-refractivity contribution in [3.63, 3.8) is 0 Å². The average molecular weight is 304 g/mol. The summed E-state index contributed by atoms with van der Waals surface area (Å²) in [6, 6.07) is 1.90. The Labute approximate surface area is 126 Å². The Bertz CT molecular complexity index is 638. The molecule has 110 valence electrons. The van der Waals surface area contributed by atoms with Crippen LogP contribution in [0.4, 0.5) is 0 Å². The summed E-state index contributed by atoms with van der Waals surface area (Å²) in [7, 11) is 1.82. The van der Waals surface area contributed by atoms with Crippen LogP contribution in [0.25, 0.3) is 10.8 Å². The summed E-state index contributed by atoms with van der Waals surface area (Å²) in [6.45, 7) is 3.16. The van der Waals surface area contributed by atoms with Gasteiger partial charge in [0.15, 0.2) is 10.8 Å². The van der Waals surface area contributed by atoms with Gasteiger partial charge in [-0.05, 0) is 19.4 Å². The Morgan fingerprint density at radius 2 is 2.19 bits per heavy atom. The summed E-state index contributed by atoms with van der Waals surface area (Å²) >= 11 is 1.34. The number of carbonyl (C=O) groups is 1. The van der Waals surface area contributed by atoms with Crippen molar-refractivity contribution in [2.75, 3.05) is 20.3 Å². The van der Waals surface area contributed by atoms with E-state index in [1.54, 1.807) is 23.4 Å². The van der Waals surface area contributed by atoms with Gasteiger partial charge in [-0.1, -0.05) is 0 Å². The molecule has 1 saturated heterocycles. The molecule has 2 aromatic heterocycles. The van der Waals surface area contributed by atoms with Gasteiger partial charge in [0.25, 0.3) is 5.91 Å². The van der Waals surface area contributed by atoms with Gasteiger partial charge >= 0.3 is 0 Å². The minimum Gasteiger partial charge on any atom is -0.379 e. The minimum absolute atomic E-state index is 0.0114. The van der Waals surface area contributed by atoms with Crippen LogP contribution in [-0.2, 0) is 4.74 Å². The molecule has 2 aromatic rings. The van der Waals surface area contributed by atoms with Crippen molar-refractivity contribution < 1.29 is 9.53 Å². The van der Waals surface area contributed by atoms with E-state index < -0.39 is 0 Å². The van der Waals surface area contributed by atoms with Gasteiger partial charge in [0.2, 0.25) is 0 Å². The molecule has 0 aliphatic carbocycles. The van der Waals surface area contributed by atoms with E-state index in [2.05, 4.69) is 15.0 Å². The molecule has 0 N–H and O–H groups in total. The summed E-state index contributed by atoms with van der Waals surface area (Å²) < 4.78 is 5.34. The van der Waals surface area contributed by atoms with Crippen LogP contribution in [0.1, 0.15) is 21.8 Å². The number of amides is 1. The maximum Gasteiger partial charge on any atom is 0.265 e. The zero-order valence-electron chi connectivity index (χ0n) is 11.9. The molecule has 3 heterocycles. The van der Waals surface area contributed by atoms with Gasteiger partial charge in [-0.2, -0.15) is 0 Å². The quantitative estimate of drug-likeness (QED) is 0.864. The molecule has 1 aliphatic rings. The normalized spacial score (nSPS) is 17.9. The fourth-order valence-electron chi connectivity index (χ4n) is 2.25. The number of hydrogen-bond donors (Lipinski definition) is 0. The Balaban J connectivity index is 1.85. The molecule has 0 bridgehead atoms. The van der Waals surface area contributed by atoms with Crippen LogP contribution >= 0.6 is 11.3 Å². The highest BCUT2D eigenvalue weighted by Gasteiger charge is 2.27. The molecule has 1 atom stereocenters. The molecule has 6 nitrogen and oxygen atoms in total. The maximum atomic E-state index is 12.6. The summed E-state index contributed by atoms with van der Waals surface area (Å²) in [5, 5.41) is 0.674. The highest BCUT2D eigenvalue weighted by Crippen LogP contribution is 2.27. The Kier molecular flexibility index (Phi) is 3.94. The predicted octanol–water partition coefficient (Wildman–Crippen LogP) is 1.77. The second-order valence-electron chi connectivity index (χ2n) is 4.94. The lowest BCUT2D eigenvalue weighted by Gasteiger charge is -2.22. The van der Waals surface area contributed by atoms with Crippen molar-refractivity contribution in [2.24, 2.45) is 0 Å². The van der Waals surface area contributed by atoms with Crippen molar-refractivity contribution in [1.29, 1.82) is 0 Å². The van der Waals surface area contributed by atoms with E-state index in [1.165, 1.54) is 11.3 Å². The summed E-state index contributed by atoms with van der Waals surface area (Å²) in [5.41, 5.74) is 0.721. The number of thiazole rings is 1. The largest absolute Gasteiger partial charge is 0.379 e. The first-order valence-electron chi connectivity index (χ1n) is 6.76. The highest BCUT2D eigenvalue weighted by atomic mass is 32.1. The molecular weight excluding hydrogens is 288 g/mol. The van der Waals surface area contributed by atoms with Crippen LogP contribution in [0, 0.1) is 6.92 Å². The molecule has 0 radical (unpaired) electrons. The number of aryl methyl sites for hydroxylation is 1. The lowest BCUT2D eigenvalue weighted by molar-refractivity contribution is 0.0715. The van der Waals surface area contributed by atoms with E-state index in [1.807, 2.05) is 14.0 Å². The standard InChI is InChI=1S/C14H16N4O2S/c1-9-11(14(19)18(2)10-4-7-20-8-10)21-13(17-9)12-15-5-3-6-16-12/h3,5-6,10H,4,7-8H2,1-2H3. The zero-order valence-corrected chi connectivity index (χ0v) is 12.8. The molecule has 0 aromatic carbocycles. The van der Waals surface area contributed by atoms with Gasteiger partial charge in [-0.15, -0.1) is 11.3 Å². The van der Waals surface area contributed by atoms with E-state index >= 15 is 0 Å². The number of hydrogen-bond acceptors (Lipinski definition) is 6. The number of carbonyl (C=O) groups excluding carboxylic acids is 1. The topological polar surface area (TPSA) is 68.2 Å². The Morgan fingerprint density at radius 1 is 1.43 bits per heavy atom. The number of nitrogens with zero attached hydrogens (tertiary/aromatic N) is 4. The third-order valence-corrected chi connectivity index (χ3v) is 4.66. The molecule has 1 unspecified atom stereocenters. The van der Waals surface area contributed by atoms with Gasteiger partial charge in [0, 0.05) is 26.0 Å². The lowest BCUT2D eigenvalue weighted by Crippen LogP contribution is -2.37. The molecule has 3 rings (SSSR count). The maximum absolute atomic E-state index is 12.6. The number of aromatic nitrogens is 3. The molecular formula is C14H16N4O2S. The molecule has 1 amide bonds. The molecule has 0 saturated carbocycles. The number of likely N-dealkylation sites (N-methyl/N-ethyl adjacent to an activating group) is 1. The van der Waals surface area contributed by atoms with Crippen molar-refractivity contribution in [3.8, 4) is 10.8 Å². The van der Waals surface area contributed by atoms with Crippen molar-refractivity contribution in [2.45, 2.75) is 19.4 Å². The van der Waals surface area contributed by atoms with Crippen LogP contribution in [0.5, 0.6) is 0 Å².